The van der Waals surface area contributed by atoms with Gasteiger partial charge in [0.2, 0.25) is 0 Å². The van der Waals surface area contributed by atoms with E-state index in [-0.39, 0.29) is 0 Å². The van der Waals surface area contributed by atoms with Gasteiger partial charge in [0.1, 0.15) is 0 Å². The molecule has 0 saturated carbocycles. The third-order valence-electron chi connectivity index (χ3n) is 3.03. The van der Waals surface area contributed by atoms with Gasteiger partial charge >= 0.3 is 0 Å². The molecular formula is C16H17Cl2N. The molecule has 0 aliphatic heterocycles. The molecule has 2 aromatic rings. The van der Waals surface area contributed by atoms with Crippen molar-refractivity contribution in [3.63, 3.8) is 0 Å². The van der Waals surface area contributed by atoms with Gasteiger partial charge in [-0.3, -0.25) is 0 Å². The van der Waals surface area contributed by atoms with Gasteiger partial charge in [-0.05, 0) is 48.2 Å². The topological polar surface area (TPSA) is 12.0 Å². The zero-order valence-corrected chi connectivity index (χ0v) is 12.4. The number of hydrogen-bond acceptors (Lipinski definition) is 1. The Labute approximate surface area is 124 Å². The van der Waals surface area contributed by atoms with E-state index in [1.807, 2.05) is 13.0 Å². The summed E-state index contributed by atoms with van der Waals surface area (Å²) in [6.45, 7) is 2.77. The first kappa shape index (κ1) is 14.2. The Morgan fingerprint density at radius 1 is 1.05 bits per heavy atom. The van der Waals surface area contributed by atoms with Gasteiger partial charge in [0, 0.05) is 23.1 Å². The fourth-order valence-electron chi connectivity index (χ4n) is 1.89. The van der Waals surface area contributed by atoms with Gasteiger partial charge in [0.05, 0.1) is 0 Å². The smallest absolute Gasteiger partial charge is 0.0458 e. The van der Waals surface area contributed by atoms with Crippen molar-refractivity contribution in [2.75, 3.05) is 11.2 Å². The number of nitrogens with one attached hydrogen (secondary N) is 1. The Morgan fingerprint density at radius 3 is 2.42 bits per heavy atom. The van der Waals surface area contributed by atoms with E-state index in [0.29, 0.717) is 5.88 Å². The fraction of sp³-hybridized carbons (Fsp3) is 0.250. The Balaban J connectivity index is 1.98. The highest BCUT2D eigenvalue weighted by atomic mass is 35.5. The van der Waals surface area contributed by atoms with Gasteiger partial charge in [-0.2, -0.15) is 0 Å². The molecule has 0 heterocycles. The zero-order chi connectivity index (χ0) is 13.7. The Kier molecular flexibility index (Phi) is 5.12. The second-order valence-corrected chi connectivity index (χ2v) is 5.37. The molecule has 3 heteroatoms. The fourth-order valence-corrected chi connectivity index (χ4v) is 2.41. The molecular weight excluding hydrogens is 277 g/mol. The van der Waals surface area contributed by atoms with E-state index in [2.05, 4.69) is 41.7 Å². The molecule has 1 N–H and O–H groups in total. The molecule has 0 aromatic heterocycles. The van der Waals surface area contributed by atoms with Gasteiger partial charge in [-0.1, -0.05) is 35.9 Å². The van der Waals surface area contributed by atoms with Crippen LogP contribution in [0.25, 0.3) is 0 Å². The van der Waals surface area contributed by atoms with Crippen LogP contribution in [0.1, 0.15) is 16.7 Å². The van der Waals surface area contributed by atoms with E-state index < -0.39 is 0 Å². The molecule has 2 aromatic carbocycles. The lowest BCUT2D eigenvalue weighted by Gasteiger charge is -2.09. The molecule has 2 rings (SSSR count). The minimum Gasteiger partial charge on any atom is -0.381 e. The second-order valence-electron chi connectivity index (χ2n) is 4.58. The minimum atomic E-state index is 0.658. The number of alkyl halides is 1. The van der Waals surface area contributed by atoms with Crippen molar-refractivity contribution in [3.8, 4) is 0 Å². The molecule has 1 nitrogen and oxygen atoms in total. The molecule has 0 saturated heterocycles. The molecule has 0 fully saturated rings. The van der Waals surface area contributed by atoms with Gasteiger partial charge in [-0.15, -0.1) is 11.6 Å². The summed E-state index contributed by atoms with van der Waals surface area (Å²) in [5, 5.41) is 4.18. The van der Waals surface area contributed by atoms with Crippen molar-refractivity contribution in [1.82, 2.24) is 0 Å². The van der Waals surface area contributed by atoms with Crippen LogP contribution in [-0.2, 0) is 13.0 Å². The molecule has 0 spiro atoms. The van der Waals surface area contributed by atoms with Crippen LogP contribution in [-0.4, -0.2) is 5.88 Å². The predicted octanol–water partition coefficient (Wildman–Crippen LogP) is 5.04. The van der Waals surface area contributed by atoms with E-state index >= 15 is 0 Å². The minimum absolute atomic E-state index is 0.658. The first-order valence-electron chi connectivity index (χ1n) is 6.33. The maximum absolute atomic E-state index is 6.21. The lowest BCUT2D eigenvalue weighted by atomic mass is 10.1. The first-order chi connectivity index (χ1) is 9.19. The average Bonchev–Trinajstić information content (AvgIpc) is 2.40. The van der Waals surface area contributed by atoms with Gasteiger partial charge in [0.15, 0.2) is 0 Å². The van der Waals surface area contributed by atoms with Gasteiger partial charge in [0.25, 0.3) is 0 Å². The quantitative estimate of drug-likeness (QED) is 0.762. The molecule has 19 heavy (non-hydrogen) atoms. The summed E-state index contributed by atoms with van der Waals surface area (Å²) in [6, 6.07) is 14.5. The van der Waals surface area contributed by atoms with E-state index in [9.17, 15) is 0 Å². The van der Waals surface area contributed by atoms with Crippen molar-refractivity contribution in [1.29, 1.82) is 0 Å². The standard InChI is InChI=1S/C16H17Cl2N/c1-12-2-5-14(16(18)10-12)11-19-15-6-3-13(4-7-15)8-9-17/h2-7,10,19H,8-9,11H2,1H3. The number of rotatable bonds is 5. The van der Waals surface area contributed by atoms with Gasteiger partial charge < -0.3 is 5.32 Å². The molecule has 0 radical (unpaired) electrons. The summed E-state index contributed by atoms with van der Waals surface area (Å²) >= 11 is 11.9. The van der Waals surface area contributed by atoms with Crippen molar-refractivity contribution in [2.45, 2.75) is 19.9 Å². The van der Waals surface area contributed by atoms with E-state index in [1.165, 1.54) is 11.1 Å². The lowest BCUT2D eigenvalue weighted by Crippen LogP contribution is -2.00. The average molecular weight is 294 g/mol. The molecule has 0 atom stereocenters. The van der Waals surface area contributed by atoms with E-state index in [1.54, 1.807) is 0 Å². The van der Waals surface area contributed by atoms with Crippen LogP contribution in [0.5, 0.6) is 0 Å². The summed E-state index contributed by atoms with van der Waals surface area (Å²) in [7, 11) is 0. The van der Waals surface area contributed by atoms with Crippen LogP contribution in [0.15, 0.2) is 42.5 Å². The molecule has 0 aliphatic rings. The first-order valence-corrected chi connectivity index (χ1v) is 7.24. The number of aryl methyl sites for hydroxylation is 2. The number of benzene rings is 2. The van der Waals surface area contributed by atoms with Crippen molar-refractivity contribution < 1.29 is 0 Å². The van der Waals surface area contributed by atoms with E-state index in [4.69, 9.17) is 23.2 Å². The second kappa shape index (κ2) is 6.83. The summed E-state index contributed by atoms with van der Waals surface area (Å²) < 4.78 is 0. The van der Waals surface area contributed by atoms with Gasteiger partial charge in [-0.25, -0.2) is 0 Å². The van der Waals surface area contributed by atoms with Crippen LogP contribution >= 0.6 is 23.2 Å². The predicted molar refractivity (Wildman–Crippen MR) is 84.4 cm³/mol. The Bertz CT molecular complexity index is 535. The van der Waals surface area contributed by atoms with E-state index in [0.717, 1.165) is 29.2 Å². The Morgan fingerprint density at radius 2 is 1.79 bits per heavy atom. The lowest BCUT2D eigenvalue weighted by molar-refractivity contribution is 1.13. The molecule has 0 bridgehead atoms. The summed E-state index contributed by atoms with van der Waals surface area (Å²) in [5.74, 6) is 0.658. The number of anilines is 1. The molecule has 0 unspecified atom stereocenters. The highest BCUT2D eigenvalue weighted by molar-refractivity contribution is 6.31. The maximum Gasteiger partial charge on any atom is 0.0458 e. The highest BCUT2D eigenvalue weighted by Gasteiger charge is 2.00. The highest BCUT2D eigenvalue weighted by Crippen LogP contribution is 2.19. The zero-order valence-electron chi connectivity index (χ0n) is 10.9. The third-order valence-corrected chi connectivity index (χ3v) is 3.57. The third kappa shape index (κ3) is 4.15. The van der Waals surface area contributed by atoms with Crippen LogP contribution in [0.3, 0.4) is 0 Å². The number of hydrogen-bond donors (Lipinski definition) is 1. The monoisotopic (exact) mass is 293 g/mol. The summed E-state index contributed by atoms with van der Waals surface area (Å²) in [5.41, 5.74) is 4.64. The molecule has 100 valence electrons. The molecule has 0 aliphatic carbocycles. The van der Waals surface area contributed by atoms with Crippen LogP contribution < -0.4 is 5.32 Å². The van der Waals surface area contributed by atoms with Crippen molar-refractivity contribution in [2.24, 2.45) is 0 Å². The SMILES string of the molecule is Cc1ccc(CNc2ccc(CCCl)cc2)c(Cl)c1. The van der Waals surface area contributed by atoms with Crippen LogP contribution in [0, 0.1) is 6.92 Å². The van der Waals surface area contributed by atoms with Crippen LogP contribution in [0.4, 0.5) is 5.69 Å². The molecule has 0 amide bonds. The Hall–Kier alpha value is -1.18. The largest absolute Gasteiger partial charge is 0.381 e. The van der Waals surface area contributed by atoms with Crippen molar-refractivity contribution >= 4 is 28.9 Å². The van der Waals surface area contributed by atoms with Crippen molar-refractivity contribution in [3.05, 3.63) is 64.2 Å². The normalized spacial score (nSPS) is 10.5. The number of halogens is 2. The summed E-state index contributed by atoms with van der Waals surface area (Å²) in [4.78, 5) is 0. The van der Waals surface area contributed by atoms with Crippen LogP contribution in [0.2, 0.25) is 5.02 Å². The maximum atomic E-state index is 6.21. The summed E-state index contributed by atoms with van der Waals surface area (Å²) in [6.07, 6.45) is 0.908.